The minimum absolute atomic E-state index is 0.0164. The summed E-state index contributed by atoms with van der Waals surface area (Å²) in [6.07, 6.45) is 18.4. The molecule has 0 aliphatic heterocycles. The van der Waals surface area contributed by atoms with Gasteiger partial charge in [-0.2, -0.15) is 0 Å². The molecule has 6 heteroatoms. The highest BCUT2D eigenvalue weighted by molar-refractivity contribution is 7.59. The van der Waals surface area contributed by atoms with Gasteiger partial charge in [0.1, 0.15) is 5.34 Å². The summed E-state index contributed by atoms with van der Waals surface area (Å²) in [5, 5.41) is 19.8. The molecule has 0 aromatic carbocycles. The van der Waals surface area contributed by atoms with Gasteiger partial charge in [-0.05, 0) is 27.2 Å². The number of carbonyl (C=O) groups is 1. The van der Waals surface area contributed by atoms with Gasteiger partial charge in [-0.25, -0.2) is 0 Å². The average Bonchev–Trinajstić information content (AvgIpc) is 2.59. The Morgan fingerprint density at radius 3 is 2.12 bits per heavy atom. The lowest BCUT2D eigenvalue weighted by atomic mass is 10.1. The van der Waals surface area contributed by atoms with Crippen LogP contribution in [-0.4, -0.2) is 20.9 Å². The van der Waals surface area contributed by atoms with Crippen LogP contribution in [0.1, 0.15) is 90.4 Å². The van der Waals surface area contributed by atoms with Crippen molar-refractivity contribution in [1.29, 1.82) is 0 Å². The first-order chi connectivity index (χ1) is 12.5. The predicted octanol–water partition coefficient (Wildman–Crippen LogP) is 5.70. The number of nitro groups is 1. The molecule has 0 radical (unpaired) electrons. The fraction of sp³-hybridized carbons (Fsp3) is 0.750. The van der Waals surface area contributed by atoms with Gasteiger partial charge in [0.25, 0.3) is 5.70 Å². The number of nitrogens with zero attached hydrogens (tertiary/aromatic N) is 1. The van der Waals surface area contributed by atoms with Crippen LogP contribution in [0.4, 0.5) is 0 Å². The molecule has 148 valence electrons. The van der Waals surface area contributed by atoms with Crippen molar-refractivity contribution in [3.05, 3.63) is 34.0 Å². The quantitative estimate of drug-likeness (QED) is 0.170. The summed E-state index contributed by atoms with van der Waals surface area (Å²) >= 11 is 0. The Hall–Kier alpha value is -1.06. The number of rotatable bonds is 15. The van der Waals surface area contributed by atoms with Gasteiger partial charge in [0.2, 0.25) is 0 Å². The molecule has 0 heterocycles. The third kappa shape index (κ3) is 10.2. The standard InChI is InChI=1S/C20H34NO4P/c1-2-3-4-5-6-7-8-9-10-11-12-13-19(22)26-20(23)16-14-18(15-17-20)21(24)25/h14-16,23,26H,2-13,17H2,1H3. The van der Waals surface area contributed by atoms with Gasteiger partial charge in [-0.1, -0.05) is 71.1 Å². The van der Waals surface area contributed by atoms with Crippen molar-refractivity contribution in [3.63, 3.8) is 0 Å². The molecule has 0 spiro atoms. The van der Waals surface area contributed by atoms with E-state index < -0.39 is 10.3 Å². The largest absolute Gasteiger partial charge is 0.381 e. The van der Waals surface area contributed by atoms with Crippen molar-refractivity contribution in [2.45, 2.75) is 95.7 Å². The van der Waals surface area contributed by atoms with Crippen molar-refractivity contribution in [2.24, 2.45) is 0 Å². The normalized spacial score (nSPS) is 19.8. The maximum Gasteiger partial charge on any atom is 0.265 e. The van der Waals surface area contributed by atoms with Gasteiger partial charge >= 0.3 is 0 Å². The van der Waals surface area contributed by atoms with Crippen LogP contribution >= 0.6 is 8.58 Å². The van der Waals surface area contributed by atoms with Gasteiger partial charge < -0.3 is 5.11 Å². The van der Waals surface area contributed by atoms with E-state index in [1.807, 2.05) is 0 Å². The van der Waals surface area contributed by atoms with Crippen molar-refractivity contribution in [2.75, 3.05) is 0 Å². The molecule has 0 saturated heterocycles. The summed E-state index contributed by atoms with van der Waals surface area (Å²) in [4.78, 5) is 22.2. The fourth-order valence-electron chi connectivity index (χ4n) is 3.10. The molecule has 0 bridgehead atoms. The highest BCUT2D eigenvalue weighted by atomic mass is 31.1. The zero-order chi connectivity index (χ0) is 19.3. The molecule has 0 fully saturated rings. The Balaban J connectivity index is 2.02. The molecule has 0 amide bonds. The van der Waals surface area contributed by atoms with E-state index >= 15 is 0 Å². The van der Waals surface area contributed by atoms with Crippen LogP contribution in [0.3, 0.4) is 0 Å². The lowest BCUT2D eigenvalue weighted by Crippen LogP contribution is -2.23. The number of aliphatic hydroxyl groups is 1. The van der Waals surface area contributed by atoms with Crippen LogP contribution in [0.15, 0.2) is 23.9 Å². The Morgan fingerprint density at radius 2 is 1.65 bits per heavy atom. The minimum atomic E-state index is -1.23. The SMILES string of the molecule is CCCCCCCCCCCCCC(=O)PC1(O)C=CC([N+](=O)[O-])=CC1. The summed E-state index contributed by atoms with van der Waals surface area (Å²) in [6.45, 7) is 2.24. The Bertz CT molecular complexity index is 504. The maximum absolute atomic E-state index is 12.1. The molecule has 1 rings (SSSR count). The summed E-state index contributed by atoms with van der Waals surface area (Å²) in [7, 11) is -0.234. The van der Waals surface area contributed by atoms with E-state index in [0.29, 0.717) is 6.42 Å². The molecule has 2 atom stereocenters. The van der Waals surface area contributed by atoms with Crippen molar-refractivity contribution >= 4 is 14.1 Å². The smallest absolute Gasteiger partial charge is 0.265 e. The second-order valence-electron chi connectivity index (χ2n) is 7.18. The predicted molar refractivity (Wildman–Crippen MR) is 108 cm³/mol. The third-order valence-electron chi connectivity index (χ3n) is 4.73. The Morgan fingerprint density at radius 1 is 1.12 bits per heavy atom. The molecule has 0 saturated carbocycles. The molecular formula is C20H34NO4P. The molecule has 26 heavy (non-hydrogen) atoms. The van der Waals surface area contributed by atoms with Crippen LogP contribution < -0.4 is 0 Å². The van der Waals surface area contributed by atoms with Crippen molar-refractivity contribution in [3.8, 4) is 0 Å². The maximum atomic E-state index is 12.1. The first kappa shape index (κ1) is 23.0. The van der Waals surface area contributed by atoms with Gasteiger partial charge in [0.15, 0.2) is 5.52 Å². The van der Waals surface area contributed by atoms with Crippen molar-refractivity contribution < 1.29 is 14.8 Å². The highest BCUT2D eigenvalue weighted by Crippen LogP contribution is 2.39. The van der Waals surface area contributed by atoms with Gasteiger partial charge in [0.05, 0.1) is 4.92 Å². The van der Waals surface area contributed by atoms with Gasteiger partial charge in [-0.3, -0.25) is 14.9 Å². The number of allylic oxidation sites excluding steroid dienone is 1. The van der Waals surface area contributed by atoms with E-state index in [1.54, 1.807) is 0 Å². The summed E-state index contributed by atoms with van der Waals surface area (Å²) < 4.78 is 0. The molecule has 1 aliphatic carbocycles. The minimum Gasteiger partial charge on any atom is -0.381 e. The first-order valence-corrected chi connectivity index (χ1v) is 11.0. The van der Waals surface area contributed by atoms with E-state index in [2.05, 4.69) is 6.92 Å². The number of unbranched alkanes of at least 4 members (excludes halogenated alkanes) is 10. The molecule has 2 unspecified atom stereocenters. The van der Waals surface area contributed by atoms with Crippen LogP contribution in [-0.2, 0) is 4.79 Å². The van der Waals surface area contributed by atoms with E-state index in [1.165, 1.54) is 76.0 Å². The van der Waals surface area contributed by atoms with Crippen LogP contribution in [0.25, 0.3) is 0 Å². The fourth-order valence-corrected chi connectivity index (χ4v) is 4.26. The van der Waals surface area contributed by atoms with Crippen LogP contribution in [0, 0.1) is 10.1 Å². The lowest BCUT2D eigenvalue weighted by molar-refractivity contribution is -0.419. The Kier molecular flexibility index (Phi) is 11.6. The molecule has 0 aromatic heterocycles. The number of hydrogen-bond donors (Lipinski definition) is 1. The number of hydrogen-bond acceptors (Lipinski definition) is 4. The molecule has 0 aromatic rings. The monoisotopic (exact) mass is 383 g/mol. The van der Waals surface area contributed by atoms with E-state index in [4.69, 9.17) is 0 Å². The average molecular weight is 383 g/mol. The van der Waals surface area contributed by atoms with Gasteiger partial charge in [-0.15, -0.1) is 0 Å². The zero-order valence-electron chi connectivity index (χ0n) is 16.0. The molecule has 1 aliphatic rings. The highest BCUT2D eigenvalue weighted by Gasteiger charge is 2.30. The lowest BCUT2D eigenvalue weighted by Gasteiger charge is -2.24. The second-order valence-corrected chi connectivity index (χ2v) is 8.86. The van der Waals surface area contributed by atoms with E-state index in [-0.39, 0.29) is 26.2 Å². The summed E-state index contributed by atoms with van der Waals surface area (Å²) in [6, 6.07) is 0. The van der Waals surface area contributed by atoms with E-state index in [0.717, 1.165) is 12.8 Å². The second kappa shape index (κ2) is 13.2. The summed E-state index contributed by atoms with van der Waals surface area (Å²) in [5.74, 6) is 0. The van der Waals surface area contributed by atoms with Crippen molar-refractivity contribution in [1.82, 2.24) is 0 Å². The number of carbonyl (C=O) groups excluding carboxylic acids is 1. The Labute approximate surface area is 159 Å². The molecular weight excluding hydrogens is 349 g/mol. The van der Waals surface area contributed by atoms with Crippen LogP contribution in [0.2, 0.25) is 0 Å². The first-order valence-electron chi connectivity index (χ1n) is 10.0. The van der Waals surface area contributed by atoms with E-state index in [9.17, 15) is 20.0 Å². The molecule has 5 nitrogen and oxygen atoms in total. The summed E-state index contributed by atoms with van der Waals surface area (Å²) in [5.41, 5.74) is 0.0447. The molecule has 1 N–H and O–H groups in total. The van der Waals surface area contributed by atoms with Gasteiger partial charge in [0, 0.05) is 18.9 Å². The zero-order valence-corrected chi connectivity index (χ0v) is 17.0. The third-order valence-corrected chi connectivity index (χ3v) is 6.06. The topological polar surface area (TPSA) is 80.4 Å². The van der Waals surface area contributed by atoms with Crippen LogP contribution in [0.5, 0.6) is 0 Å².